The van der Waals surface area contributed by atoms with E-state index in [1.165, 1.54) is 7.05 Å². The monoisotopic (exact) mass is 296 g/mol. The molecule has 112 valence electrons. The highest BCUT2D eigenvalue weighted by Crippen LogP contribution is 2.15. The maximum Gasteiger partial charge on any atom is 0.352 e. The summed E-state index contributed by atoms with van der Waals surface area (Å²) >= 11 is 0. The third-order valence-corrected chi connectivity index (χ3v) is 3.61. The van der Waals surface area contributed by atoms with E-state index in [0.717, 1.165) is 15.8 Å². The van der Waals surface area contributed by atoms with Crippen molar-refractivity contribution in [3.63, 3.8) is 0 Å². The highest BCUT2D eigenvalue weighted by atomic mass is 16.2. The maximum absolute atomic E-state index is 12.3. The van der Waals surface area contributed by atoms with Gasteiger partial charge in [0.2, 0.25) is 0 Å². The topological polar surface area (TPSA) is 69.8 Å². The molecule has 0 bridgehead atoms. The molecule has 2 aliphatic heterocycles. The Balaban J connectivity index is 2.20. The maximum atomic E-state index is 12.3. The molecule has 0 fully saturated rings. The smallest absolute Gasteiger partial charge is 0.329 e. The Labute approximate surface area is 127 Å². The van der Waals surface area contributed by atoms with Gasteiger partial charge < -0.3 is 4.57 Å². The molecule has 0 saturated carbocycles. The van der Waals surface area contributed by atoms with Gasteiger partial charge in [-0.15, -0.1) is 0 Å². The molecular formula is C16H16N4O2. The molecule has 0 aromatic heterocycles. The molecule has 0 spiro atoms. The van der Waals surface area contributed by atoms with Crippen LogP contribution in [0.3, 0.4) is 0 Å². The number of hydrogen-bond donors (Lipinski definition) is 0. The van der Waals surface area contributed by atoms with Crippen LogP contribution in [0.1, 0.15) is 18.2 Å². The summed E-state index contributed by atoms with van der Waals surface area (Å²) in [6, 6.07) is 9.92. The molecule has 0 atom stereocenters. The molecule has 2 aliphatic rings. The van der Waals surface area contributed by atoms with Gasteiger partial charge in [0.25, 0.3) is 5.56 Å². The highest BCUT2D eigenvalue weighted by Gasteiger charge is 2.18. The summed E-state index contributed by atoms with van der Waals surface area (Å²) in [6.07, 6.45) is 2.47. The van der Waals surface area contributed by atoms with E-state index < -0.39 is 11.2 Å². The Bertz CT molecular complexity index is 896. The molecule has 2 heterocycles. The summed E-state index contributed by atoms with van der Waals surface area (Å²) in [5, 5.41) is 0. The predicted octanol–water partition coefficient (Wildman–Crippen LogP) is 1.05. The second-order valence-corrected chi connectivity index (χ2v) is 5.11. The van der Waals surface area contributed by atoms with E-state index in [2.05, 4.69) is 9.97 Å². The van der Waals surface area contributed by atoms with Crippen molar-refractivity contribution < 1.29 is 0 Å². The number of nitrogens with zero attached hydrogens (tertiary/aromatic N) is 4. The Morgan fingerprint density at radius 1 is 1.09 bits per heavy atom. The van der Waals surface area contributed by atoms with Gasteiger partial charge in [-0.05, 0) is 12.5 Å². The van der Waals surface area contributed by atoms with Gasteiger partial charge in [-0.3, -0.25) is 9.36 Å². The van der Waals surface area contributed by atoms with E-state index >= 15 is 0 Å². The molecule has 0 N–H and O–H groups in total. The zero-order valence-electron chi connectivity index (χ0n) is 12.5. The van der Waals surface area contributed by atoms with Crippen LogP contribution in [0.15, 0.2) is 46.1 Å². The molecular weight excluding hydrogens is 280 g/mol. The highest BCUT2D eigenvalue weighted by molar-refractivity contribution is 5.49. The minimum atomic E-state index is -0.558. The lowest BCUT2D eigenvalue weighted by atomic mass is 10.1. The molecule has 1 aromatic carbocycles. The van der Waals surface area contributed by atoms with Crippen molar-refractivity contribution in [2.24, 2.45) is 7.05 Å². The van der Waals surface area contributed by atoms with Gasteiger partial charge in [0.1, 0.15) is 0 Å². The first-order valence-corrected chi connectivity index (χ1v) is 7.11. The summed E-state index contributed by atoms with van der Waals surface area (Å²) in [6.45, 7) is 2.55. The van der Waals surface area contributed by atoms with E-state index in [9.17, 15) is 9.59 Å². The molecule has 3 rings (SSSR count). The second-order valence-electron chi connectivity index (χ2n) is 5.11. The second kappa shape index (κ2) is 5.55. The largest absolute Gasteiger partial charge is 0.352 e. The van der Waals surface area contributed by atoms with Crippen molar-refractivity contribution in [3.8, 4) is 11.5 Å². The van der Waals surface area contributed by atoms with Gasteiger partial charge in [0, 0.05) is 26.2 Å². The van der Waals surface area contributed by atoms with Crippen molar-refractivity contribution in [3.05, 3.63) is 68.6 Å². The van der Waals surface area contributed by atoms with E-state index in [0.29, 0.717) is 18.8 Å². The molecule has 0 radical (unpaired) electrons. The Morgan fingerprint density at radius 3 is 2.50 bits per heavy atom. The molecule has 0 unspecified atom stereocenters. The molecule has 6 nitrogen and oxygen atoms in total. The summed E-state index contributed by atoms with van der Waals surface area (Å²) in [4.78, 5) is 32.4. The Morgan fingerprint density at radius 2 is 1.82 bits per heavy atom. The van der Waals surface area contributed by atoms with Crippen LogP contribution in [0.25, 0.3) is 11.5 Å². The fraction of sp³-hybridized carbons (Fsp3) is 0.250. The predicted molar refractivity (Wildman–Crippen MR) is 83.1 cm³/mol. The molecule has 0 saturated heterocycles. The Kier molecular flexibility index (Phi) is 3.58. The number of benzene rings is 1. The van der Waals surface area contributed by atoms with Gasteiger partial charge in [-0.1, -0.05) is 30.3 Å². The van der Waals surface area contributed by atoms with E-state index in [1.54, 1.807) is 4.57 Å². The zero-order valence-corrected chi connectivity index (χ0v) is 12.5. The average Bonchev–Trinajstić information content (AvgIpc) is 2.54. The first-order valence-electron chi connectivity index (χ1n) is 7.11. The Hall–Kier alpha value is -2.76. The third kappa shape index (κ3) is 2.43. The summed E-state index contributed by atoms with van der Waals surface area (Å²) in [5.74, 6) is 0.340. The van der Waals surface area contributed by atoms with Gasteiger partial charge in [0.15, 0.2) is 11.5 Å². The van der Waals surface area contributed by atoms with Crippen LogP contribution >= 0.6 is 0 Å². The van der Waals surface area contributed by atoms with E-state index in [4.69, 9.17) is 0 Å². The van der Waals surface area contributed by atoms with Crippen LogP contribution in [0, 0.1) is 0 Å². The molecule has 6 heteroatoms. The van der Waals surface area contributed by atoms with Crippen molar-refractivity contribution >= 4 is 0 Å². The van der Waals surface area contributed by atoms with Crippen LogP contribution in [-0.2, 0) is 20.0 Å². The van der Waals surface area contributed by atoms with Crippen molar-refractivity contribution in [1.82, 2.24) is 19.1 Å². The first kappa shape index (κ1) is 14.2. The lowest BCUT2D eigenvalue weighted by Gasteiger charge is -2.14. The fourth-order valence-electron chi connectivity index (χ4n) is 2.40. The van der Waals surface area contributed by atoms with Crippen LogP contribution in [-0.4, -0.2) is 19.1 Å². The van der Waals surface area contributed by atoms with Gasteiger partial charge in [0.05, 0.1) is 5.69 Å². The van der Waals surface area contributed by atoms with Gasteiger partial charge in [-0.25, -0.2) is 9.78 Å². The summed E-state index contributed by atoms with van der Waals surface area (Å²) in [7, 11) is 1.42. The van der Waals surface area contributed by atoms with Crippen LogP contribution < -0.4 is 11.2 Å². The average molecular weight is 296 g/mol. The SMILES string of the molecule is CCn1cc(Cc2ccccc2)nc2c(=O)n(C)c(=O)nc1-2. The van der Waals surface area contributed by atoms with Crippen LogP contribution in [0.5, 0.6) is 0 Å². The lowest BCUT2D eigenvalue weighted by Crippen LogP contribution is -2.36. The zero-order chi connectivity index (χ0) is 15.7. The molecule has 1 aromatic rings. The first-order chi connectivity index (χ1) is 10.6. The third-order valence-electron chi connectivity index (χ3n) is 3.61. The summed E-state index contributed by atoms with van der Waals surface area (Å²) < 4.78 is 2.78. The van der Waals surface area contributed by atoms with E-state index in [-0.39, 0.29) is 5.69 Å². The standard InChI is InChI=1S/C16H16N4O2/c1-3-20-10-12(9-11-7-5-4-6-8-11)17-13-14(20)18-16(22)19(2)15(13)21/h4-8,10H,3,9H2,1-2H3. The fourth-order valence-corrected chi connectivity index (χ4v) is 2.40. The number of aryl methyl sites for hydroxylation is 1. The minimum Gasteiger partial charge on any atom is -0.329 e. The van der Waals surface area contributed by atoms with Crippen LogP contribution in [0.4, 0.5) is 0 Å². The molecule has 22 heavy (non-hydrogen) atoms. The summed E-state index contributed by atoms with van der Waals surface area (Å²) in [5.41, 5.74) is 1.15. The van der Waals surface area contributed by atoms with Crippen molar-refractivity contribution in [2.75, 3.05) is 0 Å². The van der Waals surface area contributed by atoms with Gasteiger partial charge in [-0.2, -0.15) is 4.98 Å². The lowest BCUT2D eigenvalue weighted by molar-refractivity contribution is 0.688. The number of fused-ring (bicyclic) bond motifs is 1. The minimum absolute atomic E-state index is 0.234. The van der Waals surface area contributed by atoms with Crippen molar-refractivity contribution in [1.29, 1.82) is 0 Å². The quantitative estimate of drug-likeness (QED) is 0.724. The molecule has 0 aliphatic carbocycles. The number of hydrogen-bond acceptors (Lipinski definition) is 4. The van der Waals surface area contributed by atoms with E-state index in [1.807, 2.05) is 43.5 Å². The van der Waals surface area contributed by atoms with Crippen LogP contribution in [0.2, 0.25) is 0 Å². The number of rotatable bonds is 3. The normalized spacial score (nSPS) is 11.0. The number of aromatic nitrogens is 4. The van der Waals surface area contributed by atoms with Gasteiger partial charge >= 0.3 is 5.69 Å². The molecule has 0 amide bonds. The van der Waals surface area contributed by atoms with Crippen molar-refractivity contribution in [2.45, 2.75) is 19.9 Å².